The molecule has 298 valence electrons. The van der Waals surface area contributed by atoms with Crippen LogP contribution in [0.4, 0.5) is 37.7 Å². The molecule has 0 aliphatic heterocycles. The predicted molar refractivity (Wildman–Crippen MR) is 212 cm³/mol. The summed E-state index contributed by atoms with van der Waals surface area (Å²) >= 11 is 24.4. The highest BCUT2D eigenvalue weighted by Crippen LogP contribution is 2.53. The van der Waals surface area contributed by atoms with E-state index < -0.39 is 54.7 Å². The lowest BCUT2D eigenvalue weighted by Gasteiger charge is -2.15. The summed E-state index contributed by atoms with van der Waals surface area (Å²) in [5.74, 6) is -0.648. The Hall–Kier alpha value is -4.84. The van der Waals surface area contributed by atoms with E-state index in [1.54, 1.807) is 0 Å². The second kappa shape index (κ2) is 17.2. The summed E-state index contributed by atoms with van der Waals surface area (Å²) in [6.45, 7) is 0. The van der Waals surface area contributed by atoms with Crippen molar-refractivity contribution in [3.05, 3.63) is 161 Å². The molecular weight excluding hydrogens is 900 g/mol. The summed E-state index contributed by atoms with van der Waals surface area (Å²) < 4.78 is 91.8. The molecule has 6 aromatic carbocycles. The van der Waals surface area contributed by atoms with Gasteiger partial charge >= 0.3 is 12.4 Å². The van der Waals surface area contributed by atoms with Crippen LogP contribution in [0.2, 0.25) is 20.1 Å². The Kier molecular flexibility index (Phi) is 12.7. The van der Waals surface area contributed by atoms with Gasteiger partial charge < -0.3 is 9.47 Å². The quantitative estimate of drug-likeness (QED) is 0.0548. The molecule has 0 fully saturated rings. The van der Waals surface area contributed by atoms with Gasteiger partial charge in [0, 0.05) is 22.2 Å². The summed E-state index contributed by atoms with van der Waals surface area (Å²) in [4.78, 5) is 23.8. The monoisotopic (exact) mass is 916 g/mol. The highest BCUT2D eigenvalue weighted by Gasteiger charge is 2.33. The van der Waals surface area contributed by atoms with E-state index in [0.29, 0.717) is 43.8 Å². The third kappa shape index (κ3) is 9.88. The van der Waals surface area contributed by atoms with Crippen molar-refractivity contribution in [2.45, 2.75) is 22.1 Å². The van der Waals surface area contributed by atoms with Crippen molar-refractivity contribution in [3.8, 4) is 45.3 Å². The topological polar surface area (TPSA) is 105 Å². The van der Waals surface area contributed by atoms with Gasteiger partial charge in [0.1, 0.15) is 32.8 Å². The van der Waals surface area contributed by atoms with Crippen LogP contribution in [0.5, 0.6) is 23.0 Å². The SMILES string of the molecule is O=[N+]([O-])c1c(SSc2cc(Oc3ccc(C(F)(F)F)cc3Cl)cc(-c3ccc(Cl)cc3)c2[N+](=O)[O-])cc(Oc2ccc(C(F)(F)F)cc2Cl)cc1-c1ccc(Cl)cc1. The highest BCUT2D eigenvalue weighted by molar-refractivity contribution is 8.76. The van der Waals surface area contributed by atoms with Gasteiger partial charge in [-0.15, -0.1) is 0 Å². The highest BCUT2D eigenvalue weighted by atomic mass is 35.5. The van der Waals surface area contributed by atoms with Crippen molar-refractivity contribution in [2.24, 2.45) is 0 Å². The third-order valence-corrected chi connectivity index (χ3v) is 11.5. The number of alkyl halides is 6. The van der Waals surface area contributed by atoms with Gasteiger partial charge in [0.25, 0.3) is 11.4 Å². The van der Waals surface area contributed by atoms with Crippen molar-refractivity contribution in [2.75, 3.05) is 0 Å². The molecule has 0 unspecified atom stereocenters. The molecule has 58 heavy (non-hydrogen) atoms. The molecule has 0 N–H and O–H groups in total. The van der Waals surface area contributed by atoms with Gasteiger partial charge in [-0.1, -0.05) is 70.7 Å². The number of nitrogens with zero attached hydrogens (tertiary/aromatic N) is 2. The Labute approximate surface area is 351 Å². The normalized spacial score (nSPS) is 11.7. The molecule has 0 atom stereocenters. The molecule has 0 aliphatic rings. The van der Waals surface area contributed by atoms with Gasteiger partial charge in [-0.3, -0.25) is 20.2 Å². The minimum absolute atomic E-state index is 0.0179. The van der Waals surface area contributed by atoms with Crippen molar-refractivity contribution < 1.29 is 45.7 Å². The second-order valence-electron chi connectivity index (χ2n) is 11.8. The molecule has 0 aliphatic carbocycles. The van der Waals surface area contributed by atoms with E-state index in [-0.39, 0.29) is 55.0 Å². The molecule has 0 heterocycles. The lowest BCUT2D eigenvalue weighted by Crippen LogP contribution is -2.04. The fourth-order valence-electron chi connectivity index (χ4n) is 5.35. The molecule has 0 aromatic heterocycles. The molecule has 0 saturated carbocycles. The van der Waals surface area contributed by atoms with Gasteiger partial charge in [-0.25, -0.2) is 0 Å². The molecule has 6 aromatic rings. The standard InChI is InChI=1S/C38H18Cl4F6N2O6S2/c39-23-7-1-19(2-8-23)27-15-25(55-31-11-5-21(13-29(31)41)37(43,44)45)17-33(35(27)49(51)52)57-58-34-18-26(56-32-12-6-22(14-30(32)42)38(46,47)48)16-28(36(34)50(53)54)20-3-9-24(40)10-4-20/h1-18H. The largest absolute Gasteiger partial charge is 0.456 e. The first-order valence-electron chi connectivity index (χ1n) is 15.9. The fourth-order valence-corrected chi connectivity index (χ4v) is 8.38. The van der Waals surface area contributed by atoms with Gasteiger partial charge in [-0.05, 0) is 106 Å². The van der Waals surface area contributed by atoms with E-state index in [0.717, 1.165) is 24.3 Å². The van der Waals surface area contributed by atoms with Crippen LogP contribution < -0.4 is 9.47 Å². The number of ether oxygens (including phenoxy) is 2. The molecule has 0 amide bonds. The lowest BCUT2D eigenvalue weighted by atomic mass is 10.0. The Morgan fingerprint density at radius 2 is 0.845 bits per heavy atom. The Morgan fingerprint density at radius 1 is 0.500 bits per heavy atom. The van der Waals surface area contributed by atoms with Crippen LogP contribution in [0.3, 0.4) is 0 Å². The maximum absolute atomic E-state index is 13.3. The number of hydrogen-bond acceptors (Lipinski definition) is 8. The molecule has 6 rings (SSSR count). The number of hydrogen-bond donors (Lipinski definition) is 0. The van der Waals surface area contributed by atoms with Crippen LogP contribution in [0.25, 0.3) is 22.3 Å². The third-order valence-electron chi connectivity index (χ3n) is 7.97. The number of halogens is 10. The predicted octanol–water partition coefficient (Wildman–Crippen LogP) is 15.9. The number of benzene rings is 6. The Bertz CT molecular complexity index is 2390. The fraction of sp³-hybridized carbons (Fsp3) is 0.0526. The van der Waals surface area contributed by atoms with E-state index >= 15 is 0 Å². The van der Waals surface area contributed by atoms with Crippen LogP contribution in [0.15, 0.2) is 119 Å². The maximum atomic E-state index is 13.3. The van der Waals surface area contributed by atoms with Crippen molar-refractivity contribution in [3.63, 3.8) is 0 Å². The molecule has 0 radical (unpaired) electrons. The molecule has 0 saturated heterocycles. The molecule has 20 heteroatoms. The van der Waals surface area contributed by atoms with Crippen LogP contribution in [-0.2, 0) is 12.4 Å². The van der Waals surface area contributed by atoms with Crippen molar-refractivity contribution in [1.29, 1.82) is 0 Å². The van der Waals surface area contributed by atoms with E-state index in [4.69, 9.17) is 55.9 Å². The van der Waals surface area contributed by atoms with E-state index in [2.05, 4.69) is 0 Å². The first-order chi connectivity index (χ1) is 27.3. The number of nitro groups is 2. The van der Waals surface area contributed by atoms with Crippen molar-refractivity contribution in [1.82, 2.24) is 0 Å². The molecule has 8 nitrogen and oxygen atoms in total. The van der Waals surface area contributed by atoms with E-state index in [1.807, 2.05) is 0 Å². The molecule has 0 spiro atoms. The van der Waals surface area contributed by atoms with Crippen LogP contribution in [0.1, 0.15) is 11.1 Å². The van der Waals surface area contributed by atoms with Gasteiger partial charge in [0.15, 0.2) is 0 Å². The average molecular weight is 919 g/mol. The minimum Gasteiger partial charge on any atom is -0.456 e. The second-order valence-corrected chi connectivity index (χ2v) is 15.7. The number of rotatable bonds is 11. The van der Waals surface area contributed by atoms with Crippen LogP contribution in [-0.4, -0.2) is 9.85 Å². The van der Waals surface area contributed by atoms with E-state index in [1.165, 1.54) is 72.8 Å². The zero-order valence-corrected chi connectivity index (χ0v) is 33.0. The molecule has 0 bridgehead atoms. The first-order valence-corrected chi connectivity index (χ1v) is 19.5. The zero-order chi connectivity index (χ0) is 42.1. The zero-order valence-electron chi connectivity index (χ0n) is 28.3. The summed E-state index contributed by atoms with van der Waals surface area (Å²) in [6, 6.07) is 21.5. The summed E-state index contributed by atoms with van der Waals surface area (Å²) in [6.07, 6.45) is -9.42. The summed E-state index contributed by atoms with van der Waals surface area (Å²) in [5.41, 5.74) is -2.51. The van der Waals surface area contributed by atoms with Gasteiger partial charge in [0.05, 0.1) is 42.1 Å². The first kappa shape index (κ1) is 42.8. The van der Waals surface area contributed by atoms with Crippen LogP contribution in [0, 0.1) is 20.2 Å². The number of nitro benzene ring substituents is 2. The van der Waals surface area contributed by atoms with Crippen molar-refractivity contribution >= 4 is 79.4 Å². The lowest BCUT2D eigenvalue weighted by molar-refractivity contribution is -0.387. The Balaban J connectivity index is 1.48. The van der Waals surface area contributed by atoms with Gasteiger partial charge in [0.2, 0.25) is 0 Å². The maximum Gasteiger partial charge on any atom is 0.416 e. The van der Waals surface area contributed by atoms with Crippen LogP contribution >= 0.6 is 68.0 Å². The molecular formula is C38H18Cl4F6N2O6S2. The minimum atomic E-state index is -4.71. The Morgan fingerprint density at radius 3 is 1.14 bits per heavy atom. The van der Waals surface area contributed by atoms with Gasteiger partial charge in [-0.2, -0.15) is 26.3 Å². The van der Waals surface area contributed by atoms with E-state index in [9.17, 15) is 46.6 Å². The smallest absolute Gasteiger partial charge is 0.416 e. The summed E-state index contributed by atoms with van der Waals surface area (Å²) in [7, 11) is 1.38. The average Bonchev–Trinajstić information content (AvgIpc) is 3.14. The summed E-state index contributed by atoms with van der Waals surface area (Å²) in [5, 5.41) is 25.3.